The van der Waals surface area contributed by atoms with Crippen LogP contribution in [-0.2, 0) is 16.1 Å². The number of thiazole rings is 1. The highest BCUT2D eigenvalue weighted by Crippen LogP contribution is 2.32. The average molecular weight is 410 g/mol. The summed E-state index contributed by atoms with van der Waals surface area (Å²) in [6, 6.07) is 11.8. The van der Waals surface area contributed by atoms with Crippen LogP contribution >= 0.6 is 33.9 Å². The van der Waals surface area contributed by atoms with E-state index >= 15 is 0 Å². The van der Waals surface area contributed by atoms with Gasteiger partial charge in [-0.15, -0.1) is 11.3 Å². The molecule has 0 bridgehead atoms. The second-order valence-corrected chi connectivity index (χ2v) is 6.66. The molecule has 3 rings (SSSR count). The summed E-state index contributed by atoms with van der Waals surface area (Å²) in [7, 11) is 0. The summed E-state index contributed by atoms with van der Waals surface area (Å²) >= 11 is 3.83. The summed E-state index contributed by atoms with van der Waals surface area (Å²) in [6.45, 7) is 0.741. The second kappa shape index (κ2) is 5.98. The monoisotopic (exact) mass is 410 g/mol. The fourth-order valence-corrected chi connectivity index (χ4v) is 3.51. The maximum Gasteiger partial charge on any atom is 0.293 e. The average Bonchev–Trinajstić information content (AvgIpc) is 2.91. The van der Waals surface area contributed by atoms with Crippen molar-refractivity contribution in [3.63, 3.8) is 0 Å². The molecule has 2 N–H and O–H groups in total. The van der Waals surface area contributed by atoms with Gasteiger partial charge in [-0.3, -0.25) is 4.79 Å². The van der Waals surface area contributed by atoms with Gasteiger partial charge in [-0.05, 0) is 58.5 Å². The van der Waals surface area contributed by atoms with Crippen LogP contribution in [0.15, 0.2) is 36.4 Å². The van der Waals surface area contributed by atoms with Crippen LogP contribution in [0.4, 0.5) is 5.69 Å². The van der Waals surface area contributed by atoms with Crippen LogP contribution in [-0.4, -0.2) is 11.5 Å². The van der Waals surface area contributed by atoms with Gasteiger partial charge in [0, 0.05) is 14.8 Å². The van der Waals surface area contributed by atoms with E-state index in [-0.39, 0.29) is 6.61 Å². The van der Waals surface area contributed by atoms with Crippen LogP contribution in [0.2, 0.25) is 0 Å². The molecule has 0 aliphatic carbocycles. The molecule has 1 heterocycles. The van der Waals surface area contributed by atoms with Crippen molar-refractivity contribution in [2.24, 2.45) is 0 Å². The third kappa shape index (κ3) is 3.01. The molecule has 0 saturated heterocycles. The van der Waals surface area contributed by atoms with Crippen LogP contribution in [0, 0.1) is 3.57 Å². The molecule has 4 nitrogen and oxygen atoms in total. The molecule has 0 saturated carbocycles. The van der Waals surface area contributed by atoms with Crippen molar-refractivity contribution in [1.82, 2.24) is 4.98 Å². The molecular weight excluding hydrogens is 399 g/mol. The number of aromatic nitrogens is 1. The fraction of sp³-hybridized carbons (Fsp3) is 0.0667. The van der Waals surface area contributed by atoms with Crippen molar-refractivity contribution in [3.05, 3.63) is 45.5 Å². The predicted molar refractivity (Wildman–Crippen MR) is 93.0 cm³/mol. The summed E-state index contributed by atoms with van der Waals surface area (Å²) in [5, 5.41) is 0.955. The van der Waals surface area contributed by atoms with E-state index in [1.54, 1.807) is 11.3 Å². The molecule has 2 aromatic carbocycles. The lowest BCUT2D eigenvalue weighted by molar-refractivity contribution is -0.129. The van der Waals surface area contributed by atoms with Gasteiger partial charge < -0.3 is 10.5 Å². The van der Waals surface area contributed by atoms with Gasteiger partial charge in [0.05, 0.1) is 10.2 Å². The Bertz CT molecular complexity index is 817. The van der Waals surface area contributed by atoms with Gasteiger partial charge in [0.1, 0.15) is 11.6 Å². The standard InChI is InChI=1S/C15H11IN2O2S/c16-11-6-10(2-3-12(11)17)15-18-13-4-1-9(7-20-8-19)5-14(13)21-15/h1-6,8H,7,17H2. The van der Waals surface area contributed by atoms with Gasteiger partial charge in [-0.1, -0.05) is 6.07 Å². The SMILES string of the molecule is Nc1ccc(-c2nc3ccc(COC=O)cc3s2)cc1I. The Labute approximate surface area is 139 Å². The molecule has 1 aromatic heterocycles. The first kappa shape index (κ1) is 14.3. The van der Waals surface area contributed by atoms with E-state index in [1.165, 1.54) is 0 Å². The molecule has 0 aliphatic heterocycles. The molecule has 21 heavy (non-hydrogen) atoms. The maximum atomic E-state index is 10.2. The van der Waals surface area contributed by atoms with Crippen LogP contribution in [0.1, 0.15) is 5.56 Å². The molecular formula is C15H11IN2O2S. The van der Waals surface area contributed by atoms with Crippen molar-refractivity contribution in [2.45, 2.75) is 6.61 Å². The fourth-order valence-electron chi connectivity index (χ4n) is 1.97. The molecule has 0 aliphatic rings. The van der Waals surface area contributed by atoms with Crippen LogP contribution < -0.4 is 5.73 Å². The van der Waals surface area contributed by atoms with Crippen molar-refractivity contribution < 1.29 is 9.53 Å². The molecule has 0 unspecified atom stereocenters. The summed E-state index contributed by atoms with van der Waals surface area (Å²) < 4.78 is 6.87. The number of carbonyl (C=O) groups excluding carboxylic acids is 1. The van der Waals surface area contributed by atoms with E-state index in [2.05, 4.69) is 27.6 Å². The topological polar surface area (TPSA) is 65.2 Å². The molecule has 6 heteroatoms. The predicted octanol–water partition coefficient (Wildman–Crippen LogP) is 3.82. The zero-order valence-corrected chi connectivity index (χ0v) is 13.8. The number of carbonyl (C=O) groups is 1. The Morgan fingerprint density at radius 3 is 2.90 bits per heavy atom. The summed E-state index contributed by atoms with van der Waals surface area (Å²) in [5.74, 6) is 0. The van der Waals surface area contributed by atoms with Gasteiger partial charge in [0.25, 0.3) is 6.47 Å². The van der Waals surface area contributed by atoms with E-state index in [4.69, 9.17) is 10.5 Å². The van der Waals surface area contributed by atoms with Crippen molar-refractivity contribution in [3.8, 4) is 10.6 Å². The van der Waals surface area contributed by atoms with Gasteiger partial charge in [-0.2, -0.15) is 0 Å². The number of benzene rings is 2. The van der Waals surface area contributed by atoms with Gasteiger partial charge >= 0.3 is 0 Å². The second-order valence-electron chi connectivity index (χ2n) is 4.46. The van der Waals surface area contributed by atoms with E-state index in [1.807, 2.05) is 36.4 Å². The zero-order chi connectivity index (χ0) is 14.8. The molecule has 106 valence electrons. The van der Waals surface area contributed by atoms with Crippen LogP contribution in [0.25, 0.3) is 20.8 Å². The first-order valence-corrected chi connectivity index (χ1v) is 8.07. The van der Waals surface area contributed by atoms with E-state index in [9.17, 15) is 4.79 Å². The van der Waals surface area contributed by atoms with Gasteiger partial charge in [0.2, 0.25) is 0 Å². The quantitative estimate of drug-likeness (QED) is 0.404. The third-order valence-corrected chi connectivity index (χ3v) is 5.02. The first-order valence-electron chi connectivity index (χ1n) is 6.17. The Morgan fingerprint density at radius 1 is 1.29 bits per heavy atom. The first-order chi connectivity index (χ1) is 10.2. The van der Waals surface area contributed by atoms with Gasteiger partial charge in [-0.25, -0.2) is 4.98 Å². The zero-order valence-electron chi connectivity index (χ0n) is 10.9. The normalized spacial score (nSPS) is 10.7. The van der Waals surface area contributed by atoms with E-state index in [0.29, 0.717) is 6.47 Å². The Morgan fingerprint density at radius 2 is 2.14 bits per heavy atom. The number of fused-ring (bicyclic) bond motifs is 1. The molecule has 0 atom stereocenters. The number of hydrogen-bond donors (Lipinski definition) is 1. The van der Waals surface area contributed by atoms with Crippen molar-refractivity contribution in [1.29, 1.82) is 0 Å². The third-order valence-electron chi connectivity index (χ3n) is 3.02. The Kier molecular flexibility index (Phi) is 4.07. The lowest BCUT2D eigenvalue weighted by Gasteiger charge is -2.00. The largest absolute Gasteiger partial charge is 0.463 e. The summed E-state index contributed by atoms with van der Waals surface area (Å²) in [5.41, 5.74) is 9.57. The number of nitrogens with zero attached hydrogens (tertiary/aromatic N) is 1. The summed E-state index contributed by atoms with van der Waals surface area (Å²) in [4.78, 5) is 14.9. The van der Waals surface area contributed by atoms with Crippen molar-refractivity contribution in [2.75, 3.05) is 5.73 Å². The maximum absolute atomic E-state index is 10.2. The number of nitrogen functional groups attached to an aromatic ring is 1. The van der Waals surface area contributed by atoms with Crippen molar-refractivity contribution >= 4 is 56.3 Å². The number of hydrogen-bond acceptors (Lipinski definition) is 5. The lowest BCUT2D eigenvalue weighted by Crippen LogP contribution is -1.89. The molecule has 3 aromatic rings. The number of anilines is 1. The molecule has 0 spiro atoms. The lowest BCUT2D eigenvalue weighted by atomic mass is 10.2. The highest BCUT2D eigenvalue weighted by molar-refractivity contribution is 14.1. The molecule has 0 fully saturated rings. The number of nitrogens with two attached hydrogens (primary N) is 1. The number of rotatable bonds is 4. The highest BCUT2D eigenvalue weighted by atomic mass is 127. The molecule has 0 amide bonds. The minimum atomic E-state index is 0.284. The minimum absolute atomic E-state index is 0.284. The minimum Gasteiger partial charge on any atom is -0.463 e. The number of ether oxygens (including phenoxy) is 1. The van der Waals surface area contributed by atoms with E-state index < -0.39 is 0 Å². The molecule has 0 radical (unpaired) electrons. The van der Waals surface area contributed by atoms with Gasteiger partial charge in [0.15, 0.2) is 0 Å². The Hall–Kier alpha value is -1.67. The smallest absolute Gasteiger partial charge is 0.293 e. The summed E-state index contributed by atoms with van der Waals surface area (Å²) in [6.07, 6.45) is 0. The van der Waals surface area contributed by atoms with Crippen LogP contribution in [0.5, 0.6) is 0 Å². The van der Waals surface area contributed by atoms with E-state index in [0.717, 1.165) is 35.6 Å². The number of halogens is 1. The Balaban J connectivity index is 1.99. The van der Waals surface area contributed by atoms with Crippen LogP contribution in [0.3, 0.4) is 0 Å². The highest BCUT2D eigenvalue weighted by Gasteiger charge is 2.08.